The second kappa shape index (κ2) is 7.27. The van der Waals surface area contributed by atoms with Crippen molar-refractivity contribution < 1.29 is 4.74 Å². The van der Waals surface area contributed by atoms with Gasteiger partial charge in [-0.2, -0.15) is 5.10 Å². The number of hydrogen-bond donors (Lipinski definition) is 2. The van der Waals surface area contributed by atoms with Gasteiger partial charge in [0.15, 0.2) is 5.82 Å². The first kappa shape index (κ1) is 16.7. The first-order chi connectivity index (χ1) is 12.7. The molecule has 0 radical (unpaired) electrons. The molecule has 8 heteroatoms. The first-order valence-corrected chi connectivity index (χ1v) is 8.70. The van der Waals surface area contributed by atoms with Gasteiger partial charge in [-0.1, -0.05) is 12.1 Å². The van der Waals surface area contributed by atoms with E-state index in [1.807, 2.05) is 6.20 Å². The van der Waals surface area contributed by atoms with Crippen LogP contribution in [0.4, 0.5) is 5.82 Å². The SMILES string of the molecule is Cn1ccnc(NCC2CN(Cc3ccc4cn[nH]c4c3)CCO2)c1=O. The molecular weight excluding hydrogens is 332 g/mol. The Morgan fingerprint density at radius 1 is 1.42 bits per heavy atom. The van der Waals surface area contributed by atoms with Gasteiger partial charge in [0.05, 0.1) is 24.4 Å². The van der Waals surface area contributed by atoms with Crippen molar-refractivity contribution in [2.24, 2.45) is 7.05 Å². The number of aryl methyl sites for hydroxylation is 1. The van der Waals surface area contributed by atoms with Crippen LogP contribution in [0.3, 0.4) is 0 Å². The second-order valence-corrected chi connectivity index (χ2v) is 6.59. The van der Waals surface area contributed by atoms with Crippen molar-refractivity contribution in [3.63, 3.8) is 0 Å². The third kappa shape index (κ3) is 3.61. The van der Waals surface area contributed by atoms with E-state index < -0.39 is 0 Å². The summed E-state index contributed by atoms with van der Waals surface area (Å²) < 4.78 is 7.35. The van der Waals surface area contributed by atoms with E-state index in [4.69, 9.17) is 4.74 Å². The summed E-state index contributed by atoms with van der Waals surface area (Å²) in [5.41, 5.74) is 2.17. The predicted octanol–water partition coefficient (Wildman–Crippen LogP) is 0.969. The third-order valence-corrected chi connectivity index (χ3v) is 4.65. The van der Waals surface area contributed by atoms with Crippen molar-refractivity contribution in [2.45, 2.75) is 12.6 Å². The molecule has 1 aliphatic rings. The summed E-state index contributed by atoms with van der Waals surface area (Å²) in [6.45, 7) is 3.80. The predicted molar refractivity (Wildman–Crippen MR) is 99.1 cm³/mol. The molecule has 1 saturated heterocycles. The maximum atomic E-state index is 12.0. The number of H-pyrrole nitrogens is 1. The number of nitrogens with one attached hydrogen (secondary N) is 2. The van der Waals surface area contributed by atoms with E-state index >= 15 is 0 Å². The van der Waals surface area contributed by atoms with Crippen molar-refractivity contribution in [2.75, 3.05) is 31.6 Å². The Bertz CT molecular complexity index is 950. The van der Waals surface area contributed by atoms with E-state index in [2.05, 4.69) is 43.6 Å². The van der Waals surface area contributed by atoms with Crippen LogP contribution >= 0.6 is 0 Å². The Balaban J connectivity index is 1.36. The minimum Gasteiger partial charge on any atom is -0.374 e. The Morgan fingerprint density at radius 3 is 3.27 bits per heavy atom. The smallest absolute Gasteiger partial charge is 0.293 e. The highest BCUT2D eigenvalue weighted by Crippen LogP contribution is 2.16. The Labute approximate surface area is 150 Å². The number of rotatable bonds is 5. The van der Waals surface area contributed by atoms with E-state index in [1.165, 1.54) is 10.1 Å². The highest BCUT2D eigenvalue weighted by Gasteiger charge is 2.21. The Morgan fingerprint density at radius 2 is 2.35 bits per heavy atom. The van der Waals surface area contributed by atoms with Crippen molar-refractivity contribution in [3.05, 3.63) is 52.7 Å². The first-order valence-electron chi connectivity index (χ1n) is 8.70. The highest BCUT2D eigenvalue weighted by atomic mass is 16.5. The van der Waals surface area contributed by atoms with Crippen LogP contribution in [0.25, 0.3) is 10.9 Å². The lowest BCUT2D eigenvalue weighted by Crippen LogP contribution is -2.45. The van der Waals surface area contributed by atoms with Crippen molar-refractivity contribution in [1.82, 2.24) is 24.6 Å². The van der Waals surface area contributed by atoms with Gasteiger partial charge in [0.1, 0.15) is 0 Å². The van der Waals surface area contributed by atoms with Gasteiger partial charge in [0.2, 0.25) is 0 Å². The number of hydrogen-bond acceptors (Lipinski definition) is 6. The molecule has 0 saturated carbocycles. The van der Waals surface area contributed by atoms with E-state index in [-0.39, 0.29) is 11.7 Å². The molecule has 3 aromatic rings. The zero-order valence-corrected chi connectivity index (χ0v) is 14.7. The van der Waals surface area contributed by atoms with Crippen LogP contribution in [0.2, 0.25) is 0 Å². The van der Waals surface area contributed by atoms with Gasteiger partial charge in [0, 0.05) is 51.0 Å². The molecular formula is C18H22N6O2. The summed E-state index contributed by atoms with van der Waals surface area (Å²) in [6, 6.07) is 6.37. The minimum atomic E-state index is -0.131. The third-order valence-electron chi connectivity index (χ3n) is 4.65. The molecule has 3 heterocycles. The van der Waals surface area contributed by atoms with E-state index in [0.717, 1.165) is 30.5 Å². The number of anilines is 1. The molecule has 2 N–H and O–H groups in total. The summed E-state index contributed by atoms with van der Waals surface area (Å²) in [5.74, 6) is 0.362. The van der Waals surface area contributed by atoms with E-state index in [1.54, 1.807) is 19.4 Å². The Kier molecular flexibility index (Phi) is 4.68. The fourth-order valence-corrected chi connectivity index (χ4v) is 3.22. The van der Waals surface area contributed by atoms with Crippen molar-refractivity contribution in [1.29, 1.82) is 0 Å². The molecule has 4 rings (SSSR count). The molecule has 1 aliphatic heterocycles. The fraction of sp³-hybridized carbons (Fsp3) is 0.389. The summed E-state index contributed by atoms with van der Waals surface area (Å²) in [4.78, 5) is 18.5. The normalized spacial score (nSPS) is 18.3. The maximum absolute atomic E-state index is 12.0. The number of aromatic amines is 1. The zero-order chi connectivity index (χ0) is 17.9. The van der Waals surface area contributed by atoms with Crippen LogP contribution in [0, 0.1) is 0 Å². The van der Waals surface area contributed by atoms with E-state index in [9.17, 15) is 4.79 Å². The van der Waals surface area contributed by atoms with Crippen LogP contribution in [0.1, 0.15) is 5.56 Å². The van der Waals surface area contributed by atoms with Gasteiger partial charge in [-0.15, -0.1) is 0 Å². The number of aromatic nitrogens is 4. The Hall–Kier alpha value is -2.71. The molecule has 26 heavy (non-hydrogen) atoms. The average Bonchev–Trinajstić information content (AvgIpc) is 3.11. The number of benzene rings is 1. The van der Waals surface area contributed by atoms with Gasteiger partial charge in [-0.25, -0.2) is 4.98 Å². The second-order valence-electron chi connectivity index (χ2n) is 6.59. The fourth-order valence-electron chi connectivity index (χ4n) is 3.22. The lowest BCUT2D eigenvalue weighted by atomic mass is 10.1. The standard InChI is InChI=1S/C18H22N6O2/c1-23-5-4-19-17(18(23)25)20-10-15-12-24(6-7-26-15)11-13-2-3-14-9-21-22-16(14)8-13/h2-5,8-9,15H,6-7,10-12H2,1H3,(H,19,20)(H,21,22). The summed E-state index contributed by atoms with van der Waals surface area (Å²) in [7, 11) is 1.71. The van der Waals surface area contributed by atoms with Crippen LogP contribution in [-0.2, 0) is 18.3 Å². The van der Waals surface area contributed by atoms with Crippen molar-refractivity contribution in [3.8, 4) is 0 Å². The molecule has 0 bridgehead atoms. The zero-order valence-electron chi connectivity index (χ0n) is 14.7. The molecule has 1 aromatic carbocycles. The van der Waals surface area contributed by atoms with Gasteiger partial charge in [-0.3, -0.25) is 14.8 Å². The van der Waals surface area contributed by atoms with Gasteiger partial charge >= 0.3 is 0 Å². The summed E-state index contributed by atoms with van der Waals surface area (Å²) in [5, 5.41) is 11.3. The van der Waals surface area contributed by atoms with Crippen molar-refractivity contribution >= 4 is 16.7 Å². The number of ether oxygens (including phenoxy) is 1. The lowest BCUT2D eigenvalue weighted by Gasteiger charge is -2.33. The number of nitrogens with zero attached hydrogens (tertiary/aromatic N) is 4. The number of fused-ring (bicyclic) bond motifs is 1. The highest BCUT2D eigenvalue weighted by molar-refractivity contribution is 5.78. The maximum Gasteiger partial charge on any atom is 0.293 e. The molecule has 0 amide bonds. The van der Waals surface area contributed by atoms with Gasteiger partial charge in [0.25, 0.3) is 5.56 Å². The molecule has 1 atom stereocenters. The van der Waals surface area contributed by atoms with Crippen LogP contribution < -0.4 is 10.9 Å². The summed E-state index contributed by atoms with van der Waals surface area (Å²) in [6.07, 6.45) is 5.11. The summed E-state index contributed by atoms with van der Waals surface area (Å²) >= 11 is 0. The average molecular weight is 354 g/mol. The van der Waals surface area contributed by atoms with E-state index in [0.29, 0.717) is 19.0 Å². The molecule has 0 spiro atoms. The van der Waals surface area contributed by atoms with Gasteiger partial charge < -0.3 is 14.6 Å². The quantitative estimate of drug-likeness (QED) is 0.710. The molecule has 0 aliphatic carbocycles. The monoisotopic (exact) mass is 354 g/mol. The molecule has 2 aromatic heterocycles. The lowest BCUT2D eigenvalue weighted by molar-refractivity contribution is -0.0240. The molecule has 8 nitrogen and oxygen atoms in total. The molecule has 1 fully saturated rings. The minimum absolute atomic E-state index is 0.0198. The van der Waals surface area contributed by atoms with Crippen LogP contribution in [0.15, 0.2) is 41.6 Å². The molecule has 136 valence electrons. The topological polar surface area (TPSA) is 88.1 Å². The van der Waals surface area contributed by atoms with Gasteiger partial charge in [-0.05, 0) is 11.6 Å². The largest absolute Gasteiger partial charge is 0.374 e. The molecule has 1 unspecified atom stereocenters. The van der Waals surface area contributed by atoms with Crippen LogP contribution in [0.5, 0.6) is 0 Å². The van der Waals surface area contributed by atoms with Crippen LogP contribution in [-0.4, -0.2) is 57.0 Å². The number of morpholine rings is 1.